The number of aliphatic hydroxyl groups excluding tert-OH is 1. The molecule has 3 atom stereocenters. The third-order valence-electron chi connectivity index (χ3n) is 7.38. The number of hydrogen-bond donors (Lipinski definition) is 4. The average molecular weight is 553 g/mol. The molecule has 3 aromatic rings. The average Bonchev–Trinajstić information content (AvgIpc) is 3.69. The van der Waals surface area contributed by atoms with Crippen molar-refractivity contribution < 1.29 is 19.1 Å². The Morgan fingerprint density at radius 3 is 2.59 bits per heavy atom. The van der Waals surface area contributed by atoms with Crippen molar-refractivity contribution in [1.82, 2.24) is 14.9 Å². The van der Waals surface area contributed by atoms with E-state index in [0.717, 1.165) is 12.0 Å². The summed E-state index contributed by atoms with van der Waals surface area (Å²) in [6.45, 7) is -0.0604. The standard InChI is InChI=1S/C28H30ClFN6O3/c29-20-4-6-25(33-15-20)35-27(39)36-16-21(37)14-24(36)26(38)34-23-13-19(3-5-22(23)30)28(31,10-7-17-1-2-17)18-8-11-32-12-9-18/h3-6,8-9,11-13,15,17,21,24,37H,1-2,7,10,14,16,31H2,(H,34,38)(H,33,35,39). The number of pyridine rings is 2. The van der Waals surface area contributed by atoms with Crippen molar-refractivity contribution >= 4 is 35.0 Å². The summed E-state index contributed by atoms with van der Waals surface area (Å²) in [5, 5.41) is 15.9. The summed E-state index contributed by atoms with van der Waals surface area (Å²) in [4.78, 5) is 35.5. The highest BCUT2D eigenvalue weighted by Crippen LogP contribution is 2.40. The van der Waals surface area contributed by atoms with Crippen LogP contribution in [0.25, 0.3) is 0 Å². The number of amides is 3. The van der Waals surface area contributed by atoms with Crippen LogP contribution in [0, 0.1) is 11.7 Å². The Hall–Kier alpha value is -3.60. The van der Waals surface area contributed by atoms with Crippen LogP contribution in [-0.4, -0.2) is 50.6 Å². The van der Waals surface area contributed by atoms with Crippen molar-refractivity contribution in [2.24, 2.45) is 11.7 Å². The van der Waals surface area contributed by atoms with Gasteiger partial charge in [-0.05, 0) is 66.3 Å². The van der Waals surface area contributed by atoms with Gasteiger partial charge in [0.2, 0.25) is 5.91 Å². The van der Waals surface area contributed by atoms with Gasteiger partial charge in [-0.25, -0.2) is 14.2 Å². The maximum Gasteiger partial charge on any atom is 0.323 e. The number of nitrogens with one attached hydrogen (secondary N) is 2. The van der Waals surface area contributed by atoms with Crippen LogP contribution in [0.5, 0.6) is 0 Å². The number of nitrogens with two attached hydrogens (primary N) is 1. The molecule has 3 amide bonds. The summed E-state index contributed by atoms with van der Waals surface area (Å²) in [6, 6.07) is 9.61. The summed E-state index contributed by atoms with van der Waals surface area (Å²) < 4.78 is 15.0. The molecule has 39 heavy (non-hydrogen) atoms. The summed E-state index contributed by atoms with van der Waals surface area (Å²) in [5.41, 5.74) is 7.53. The Balaban J connectivity index is 1.36. The Morgan fingerprint density at radius 2 is 1.90 bits per heavy atom. The highest BCUT2D eigenvalue weighted by molar-refractivity contribution is 6.30. The van der Waals surface area contributed by atoms with E-state index in [1.165, 1.54) is 36.1 Å². The van der Waals surface area contributed by atoms with Crippen LogP contribution in [-0.2, 0) is 10.3 Å². The number of carbonyl (C=O) groups excluding carboxylic acids is 2. The topological polar surface area (TPSA) is 133 Å². The lowest BCUT2D eigenvalue weighted by molar-refractivity contribution is -0.119. The molecular weight excluding hydrogens is 523 g/mol. The molecule has 1 aliphatic carbocycles. The van der Waals surface area contributed by atoms with E-state index in [1.54, 1.807) is 30.6 Å². The predicted octanol–water partition coefficient (Wildman–Crippen LogP) is 4.27. The number of likely N-dealkylation sites (tertiary alicyclic amines) is 1. The maximum atomic E-state index is 15.0. The number of aliphatic hydroxyl groups is 1. The number of carbonyl (C=O) groups is 2. The molecule has 5 N–H and O–H groups in total. The van der Waals surface area contributed by atoms with Gasteiger partial charge in [0, 0.05) is 31.6 Å². The minimum absolute atomic E-state index is 0.00778. The molecule has 1 aromatic carbocycles. The molecule has 0 radical (unpaired) electrons. The monoisotopic (exact) mass is 552 g/mol. The van der Waals surface area contributed by atoms with Gasteiger partial charge in [-0.15, -0.1) is 0 Å². The Labute approximate surface area is 230 Å². The van der Waals surface area contributed by atoms with Crippen molar-refractivity contribution in [3.05, 3.63) is 83.0 Å². The van der Waals surface area contributed by atoms with Gasteiger partial charge in [-0.3, -0.25) is 15.1 Å². The van der Waals surface area contributed by atoms with Crippen LogP contribution >= 0.6 is 11.6 Å². The molecule has 0 spiro atoms. The Kier molecular flexibility index (Phi) is 7.79. The SMILES string of the molecule is NC(CCC1CC1)(c1ccncc1)c1ccc(F)c(NC(=O)C2CC(O)CN2C(=O)Nc2ccc(Cl)cn2)c1. The number of nitrogens with zero attached hydrogens (tertiary/aromatic N) is 3. The van der Waals surface area contributed by atoms with E-state index in [-0.39, 0.29) is 24.5 Å². The van der Waals surface area contributed by atoms with Gasteiger partial charge >= 0.3 is 6.03 Å². The van der Waals surface area contributed by atoms with Crippen LogP contribution in [0.4, 0.5) is 20.7 Å². The molecule has 204 valence electrons. The third kappa shape index (κ3) is 6.19. The van der Waals surface area contributed by atoms with E-state index in [1.807, 2.05) is 12.1 Å². The highest BCUT2D eigenvalue weighted by Gasteiger charge is 2.40. The molecule has 2 aliphatic rings. The summed E-state index contributed by atoms with van der Waals surface area (Å²) in [6.07, 6.45) is 7.78. The molecule has 9 nitrogen and oxygen atoms in total. The molecule has 3 unspecified atom stereocenters. The quantitative estimate of drug-likeness (QED) is 0.330. The van der Waals surface area contributed by atoms with Crippen LogP contribution < -0.4 is 16.4 Å². The summed E-state index contributed by atoms with van der Waals surface area (Å²) >= 11 is 5.84. The minimum atomic E-state index is -1.02. The Morgan fingerprint density at radius 1 is 1.13 bits per heavy atom. The molecular formula is C28H30ClFN6O3. The molecule has 3 heterocycles. The fourth-order valence-corrected chi connectivity index (χ4v) is 5.09. The van der Waals surface area contributed by atoms with Crippen molar-refractivity contribution in [1.29, 1.82) is 0 Å². The zero-order chi connectivity index (χ0) is 27.6. The van der Waals surface area contributed by atoms with E-state index >= 15 is 0 Å². The maximum absolute atomic E-state index is 15.0. The molecule has 1 saturated heterocycles. The van der Waals surface area contributed by atoms with E-state index < -0.39 is 35.4 Å². The summed E-state index contributed by atoms with van der Waals surface area (Å²) in [7, 11) is 0. The van der Waals surface area contributed by atoms with Gasteiger partial charge in [0.05, 0.1) is 22.4 Å². The molecule has 11 heteroatoms. The zero-order valence-corrected chi connectivity index (χ0v) is 21.9. The number of anilines is 2. The van der Waals surface area contributed by atoms with Crippen LogP contribution in [0.3, 0.4) is 0 Å². The van der Waals surface area contributed by atoms with Gasteiger partial charge in [-0.1, -0.05) is 30.5 Å². The van der Waals surface area contributed by atoms with Crippen LogP contribution in [0.15, 0.2) is 61.1 Å². The van der Waals surface area contributed by atoms with Crippen molar-refractivity contribution in [2.75, 3.05) is 17.2 Å². The van der Waals surface area contributed by atoms with Crippen molar-refractivity contribution in [3.8, 4) is 0 Å². The molecule has 2 aromatic heterocycles. The molecule has 1 saturated carbocycles. The third-order valence-corrected chi connectivity index (χ3v) is 7.61. The smallest absolute Gasteiger partial charge is 0.323 e. The van der Waals surface area contributed by atoms with E-state index in [9.17, 15) is 19.1 Å². The van der Waals surface area contributed by atoms with Gasteiger partial charge < -0.3 is 21.1 Å². The van der Waals surface area contributed by atoms with E-state index in [0.29, 0.717) is 22.9 Å². The van der Waals surface area contributed by atoms with E-state index in [2.05, 4.69) is 20.6 Å². The first kappa shape index (κ1) is 27.0. The fraction of sp³-hybridized carbons (Fsp3) is 0.357. The molecule has 2 fully saturated rings. The Bertz CT molecular complexity index is 1340. The lowest BCUT2D eigenvalue weighted by Crippen LogP contribution is -2.45. The second-order valence-corrected chi connectivity index (χ2v) is 10.7. The second kappa shape index (κ2) is 11.3. The van der Waals surface area contributed by atoms with Crippen molar-refractivity contribution in [2.45, 2.75) is 49.8 Å². The van der Waals surface area contributed by atoms with Crippen LogP contribution in [0.1, 0.15) is 43.2 Å². The van der Waals surface area contributed by atoms with Gasteiger partial charge in [0.15, 0.2) is 0 Å². The normalized spacial score (nSPS) is 20.4. The first-order chi connectivity index (χ1) is 18.7. The largest absolute Gasteiger partial charge is 0.391 e. The lowest BCUT2D eigenvalue weighted by atomic mass is 9.79. The predicted molar refractivity (Wildman–Crippen MR) is 146 cm³/mol. The molecule has 5 rings (SSSR count). The van der Waals surface area contributed by atoms with Crippen LogP contribution in [0.2, 0.25) is 5.02 Å². The number of β-amino-alcohol motifs (C(OH)–C–C–N with tert-alkyl or cyclic N) is 1. The number of hydrogen-bond acceptors (Lipinski definition) is 6. The van der Waals surface area contributed by atoms with Crippen molar-refractivity contribution in [3.63, 3.8) is 0 Å². The number of halogens is 2. The fourth-order valence-electron chi connectivity index (χ4n) is 4.98. The van der Waals surface area contributed by atoms with E-state index in [4.69, 9.17) is 17.3 Å². The number of urea groups is 1. The van der Waals surface area contributed by atoms with Gasteiger partial charge in [-0.2, -0.15) is 0 Å². The first-order valence-corrected chi connectivity index (χ1v) is 13.3. The van der Waals surface area contributed by atoms with Gasteiger partial charge in [0.25, 0.3) is 0 Å². The number of benzene rings is 1. The second-order valence-electron chi connectivity index (χ2n) is 10.2. The molecule has 1 aliphatic heterocycles. The molecule has 0 bridgehead atoms. The summed E-state index contributed by atoms with van der Waals surface area (Å²) in [5.74, 6) is -0.369. The zero-order valence-electron chi connectivity index (χ0n) is 21.2. The van der Waals surface area contributed by atoms with Gasteiger partial charge in [0.1, 0.15) is 17.7 Å². The number of rotatable bonds is 8. The lowest BCUT2D eigenvalue weighted by Gasteiger charge is -2.31. The number of aromatic nitrogens is 2. The first-order valence-electron chi connectivity index (χ1n) is 12.9. The minimum Gasteiger partial charge on any atom is -0.391 e. The highest BCUT2D eigenvalue weighted by atomic mass is 35.5.